The van der Waals surface area contributed by atoms with Crippen LogP contribution in [0.1, 0.15) is 31.4 Å². The zero-order valence-corrected chi connectivity index (χ0v) is 14.7. The van der Waals surface area contributed by atoms with E-state index >= 15 is 0 Å². The number of likely N-dealkylation sites (N-methyl/N-ethyl adjacent to an activating group) is 1. The highest BCUT2D eigenvalue weighted by atomic mass is 16.5. The van der Waals surface area contributed by atoms with Gasteiger partial charge in [0.15, 0.2) is 0 Å². The van der Waals surface area contributed by atoms with Crippen LogP contribution in [0.2, 0.25) is 0 Å². The zero-order valence-electron chi connectivity index (χ0n) is 14.7. The maximum absolute atomic E-state index is 12.4. The second-order valence-corrected chi connectivity index (χ2v) is 6.49. The van der Waals surface area contributed by atoms with Gasteiger partial charge in [0.05, 0.1) is 6.61 Å². The maximum atomic E-state index is 12.4. The molecule has 1 aromatic rings. The first-order valence-electron chi connectivity index (χ1n) is 8.70. The van der Waals surface area contributed by atoms with Crippen LogP contribution in [0.25, 0.3) is 6.08 Å². The summed E-state index contributed by atoms with van der Waals surface area (Å²) in [7, 11) is 1.86. The van der Waals surface area contributed by atoms with Crippen LogP contribution in [0.15, 0.2) is 18.2 Å². The first-order chi connectivity index (χ1) is 11.6. The van der Waals surface area contributed by atoms with Crippen molar-refractivity contribution in [2.45, 2.75) is 38.8 Å². The van der Waals surface area contributed by atoms with Crippen LogP contribution >= 0.6 is 0 Å². The van der Waals surface area contributed by atoms with Crippen molar-refractivity contribution in [3.05, 3.63) is 29.3 Å². The van der Waals surface area contributed by atoms with Gasteiger partial charge in [-0.25, -0.2) is 0 Å². The number of amides is 1. The van der Waals surface area contributed by atoms with Crippen molar-refractivity contribution in [3.8, 4) is 11.5 Å². The number of fused-ring (bicyclic) bond motifs is 1. The van der Waals surface area contributed by atoms with Crippen molar-refractivity contribution < 1.29 is 14.3 Å². The molecule has 0 saturated carbocycles. The van der Waals surface area contributed by atoms with E-state index in [1.165, 1.54) is 5.56 Å². The van der Waals surface area contributed by atoms with E-state index in [9.17, 15) is 4.79 Å². The van der Waals surface area contributed by atoms with Gasteiger partial charge < -0.3 is 19.7 Å². The van der Waals surface area contributed by atoms with Gasteiger partial charge in [-0.1, -0.05) is 0 Å². The number of ether oxygens (including phenoxy) is 2. The molecular formula is C19H26N2O3. The molecule has 0 radical (unpaired) electrons. The highest BCUT2D eigenvalue weighted by Gasteiger charge is 2.23. The average molecular weight is 330 g/mol. The molecule has 2 aliphatic heterocycles. The Kier molecular flexibility index (Phi) is 5.09. The van der Waals surface area contributed by atoms with Crippen LogP contribution in [0.5, 0.6) is 11.5 Å². The van der Waals surface area contributed by atoms with Crippen LogP contribution in [0.3, 0.4) is 0 Å². The summed E-state index contributed by atoms with van der Waals surface area (Å²) >= 11 is 0. The standard InChI is InChI=1S/C19H26N2O3/c1-4-23-17-11-15-9-13(2)24-18(15)10-14(17)5-6-19(22)21(3)16-7-8-20-12-16/h5-6,10-11,13,16,20H,4,7-9,12H2,1-3H3/b6-5+. The minimum atomic E-state index is 0.0148. The number of nitrogens with one attached hydrogen (secondary N) is 1. The Balaban J connectivity index is 1.78. The summed E-state index contributed by atoms with van der Waals surface area (Å²) in [5.74, 6) is 1.72. The van der Waals surface area contributed by atoms with E-state index in [4.69, 9.17) is 9.47 Å². The molecule has 3 rings (SSSR count). The van der Waals surface area contributed by atoms with Crippen LogP contribution < -0.4 is 14.8 Å². The van der Waals surface area contributed by atoms with Gasteiger partial charge in [0.2, 0.25) is 5.91 Å². The zero-order chi connectivity index (χ0) is 17.1. The second kappa shape index (κ2) is 7.26. The Morgan fingerprint density at radius 1 is 1.50 bits per heavy atom. The van der Waals surface area contributed by atoms with Gasteiger partial charge in [-0.3, -0.25) is 4.79 Å². The van der Waals surface area contributed by atoms with E-state index in [-0.39, 0.29) is 18.1 Å². The Morgan fingerprint density at radius 3 is 3.04 bits per heavy atom. The fourth-order valence-electron chi connectivity index (χ4n) is 3.29. The topological polar surface area (TPSA) is 50.8 Å². The fourth-order valence-corrected chi connectivity index (χ4v) is 3.29. The summed E-state index contributed by atoms with van der Waals surface area (Å²) in [6, 6.07) is 4.29. The lowest BCUT2D eigenvalue weighted by atomic mass is 10.1. The minimum absolute atomic E-state index is 0.0148. The molecule has 0 spiro atoms. The molecule has 1 N–H and O–H groups in total. The van der Waals surface area contributed by atoms with Gasteiger partial charge >= 0.3 is 0 Å². The molecule has 1 aromatic carbocycles. The van der Waals surface area contributed by atoms with Gasteiger partial charge in [0, 0.05) is 43.3 Å². The predicted octanol–water partition coefficient (Wildman–Crippen LogP) is 2.24. The number of benzene rings is 1. The third kappa shape index (κ3) is 3.56. The Hall–Kier alpha value is -2.01. The molecule has 24 heavy (non-hydrogen) atoms. The van der Waals surface area contributed by atoms with E-state index in [0.29, 0.717) is 6.61 Å². The molecule has 1 saturated heterocycles. The molecule has 0 bridgehead atoms. The monoisotopic (exact) mass is 330 g/mol. The van der Waals surface area contributed by atoms with Crippen LogP contribution in [-0.4, -0.2) is 49.7 Å². The summed E-state index contributed by atoms with van der Waals surface area (Å²) in [6.07, 6.45) is 5.55. The molecule has 2 unspecified atom stereocenters. The van der Waals surface area contributed by atoms with Crippen LogP contribution in [-0.2, 0) is 11.2 Å². The summed E-state index contributed by atoms with van der Waals surface area (Å²) < 4.78 is 11.6. The molecule has 1 amide bonds. The molecule has 0 aromatic heterocycles. The van der Waals surface area contributed by atoms with E-state index in [1.807, 2.05) is 37.1 Å². The van der Waals surface area contributed by atoms with E-state index < -0.39 is 0 Å². The Morgan fingerprint density at radius 2 is 2.33 bits per heavy atom. The van der Waals surface area contributed by atoms with Gasteiger partial charge in [-0.15, -0.1) is 0 Å². The summed E-state index contributed by atoms with van der Waals surface area (Å²) in [4.78, 5) is 14.2. The smallest absolute Gasteiger partial charge is 0.246 e. The first kappa shape index (κ1) is 16.8. The van der Waals surface area contributed by atoms with Gasteiger partial charge in [-0.2, -0.15) is 0 Å². The fraction of sp³-hybridized carbons (Fsp3) is 0.526. The maximum Gasteiger partial charge on any atom is 0.246 e. The van der Waals surface area contributed by atoms with Crippen molar-refractivity contribution in [2.24, 2.45) is 0 Å². The summed E-state index contributed by atoms with van der Waals surface area (Å²) in [5, 5.41) is 3.29. The highest BCUT2D eigenvalue weighted by molar-refractivity contribution is 5.92. The van der Waals surface area contributed by atoms with Crippen molar-refractivity contribution in [1.82, 2.24) is 10.2 Å². The molecule has 2 heterocycles. The van der Waals surface area contributed by atoms with Gasteiger partial charge in [0.1, 0.15) is 17.6 Å². The van der Waals surface area contributed by atoms with Crippen molar-refractivity contribution in [2.75, 3.05) is 26.7 Å². The van der Waals surface area contributed by atoms with E-state index in [1.54, 1.807) is 6.08 Å². The Labute approximate surface area is 143 Å². The number of nitrogens with zero attached hydrogens (tertiary/aromatic N) is 1. The second-order valence-electron chi connectivity index (χ2n) is 6.49. The first-order valence-corrected chi connectivity index (χ1v) is 8.70. The number of hydrogen-bond donors (Lipinski definition) is 1. The third-order valence-electron chi connectivity index (χ3n) is 4.66. The molecule has 2 atom stereocenters. The predicted molar refractivity (Wildman–Crippen MR) is 94.5 cm³/mol. The molecule has 1 fully saturated rings. The lowest BCUT2D eigenvalue weighted by Crippen LogP contribution is -2.37. The van der Waals surface area contributed by atoms with Crippen LogP contribution in [0.4, 0.5) is 0 Å². The third-order valence-corrected chi connectivity index (χ3v) is 4.66. The van der Waals surface area contributed by atoms with E-state index in [0.717, 1.165) is 43.0 Å². The summed E-state index contributed by atoms with van der Waals surface area (Å²) in [5.41, 5.74) is 2.06. The number of hydrogen-bond acceptors (Lipinski definition) is 4. The van der Waals surface area contributed by atoms with E-state index in [2.05, 4.69) is 12.2 Å². The molecule has 0 aliphatic carbocycles. The lowest BCUT2D eigenvalue weighted by molar-refractivity contribution is -0.126. The lowest BCUT2D eigenvalue weighted by Gasteiger charge is -2.22. The summed E-state index contributed by atoms with van der Waals surface area (Å²) in [6.45, 7) is 6.46. The Bertz CT molecular complexity index is 636. The number of carbonyl (C=O) groups excluding carboxylic acids is 1. The van der Waals surface area contributed by atoms with Gasteiger partial charge in [0.25, 0.3) is 0 Å². The largest absolute Gasteiger partial charge is 0.493 e. The number of rotatable bonds is 5. The SMILES string of the molecule is CCOc1cc2c(cc1/C=C/C(=O)N(C)C1CCNC1)OC(C)C2. The average Bonchev–Trinajstić information content (AvgIpc) is 3.20. The molecule has 5 heteroatoms. The minimum Gasteiger partial charge on any atom is -0.493 e. The quantitative estimate of drug-likeness (QED) is 0.841. The van der Waals surface area contributed by atoms with Crippen molar-refractivity contribution in [1.29, 1.82) is 0 Å². The van der Waals surface area contributed by atoms with Gasteiger partial charge in [-0.05, 0) is 45.0 Å². The molecule has 130 valence electrons. The van der Waals surface area contributed by atoms with Crippen molar-refractivity contribution >= 4 is 12.0 Å². The number of carbonyl (C=O) groups is 1. The highest BCUT2D eigenvalue weighted by Crippen LogP contribution is 2.35. The molecule has 2 aliphatic rings. The van der Waals surface area contributed by atoms with Crippen LogP contribution in [0, 0.1) is 0 Å². The normalized spacial score (nSPS) is 22.5. The van der Waals surface area contributed by atoms with Crippen molar-refractivity contribution in [3.63, 3.8) is 0 Å². The molecular weight excluding hydrogens is 304 g/mol. The molecule has 5 nitrogen and oxygen atoms in total.